The number of phenolic OH excluding ortho intramolecular Hbond substituents is 1. The molecule has 1 aliphatic heterocycles. The third kappa shape index (κ3) is 3.53. The first kappa shape index (κ1) is 15.6. The number of nitrogens with zero attached hydrogens (tertiary/aromatic N) is 1. The lowest BCUT2D eigenvalue weighted by Gasteiger charge is -2.16. The van der Waals surface area contributed by atoms with Gasteiger partial charge in [-0.25, -0.2) is 0 Å². The molecule has 118 valence electrons. The molecule has 1 fully saturated rings. The van der Waals surface area contributed by atoms with Crippen LogP contribution < -0.4 is 10.2 Å². The molecule has 2 N–H and O–H groups in total. The zero-order chi connectivity index (χ0) is 16.4. The fraction of sp³-hybridized carbons (Fsp3) is 0.176. The Morgan fingerprint density at radius 1 is 1.22 bits per heavy atom. The lowest BCUT2D eigenvalue weighted by Crippen LogP contribution is -2.28. The first-order chi connectivity index (χ1) is 11.0. The van der Waals surface area contributed by atoms with Crippen molar-refractivity contribution in [1.29, 1.82) is 0 Å². The van der Waals surface area contributed by atoms with E-state index in [1.165, 1.54) is 12.1 Å². The van der Waals surface area contributed by atoms with E-state index >= 15 is 0 Å². The van der Waals surface area contributed by atoms with E-state index in [9.17, 15) is 14.7 Å². The van der Waals surface area contributed by atoms with Crippen molar-refractivity contribution in [3.8, 4) is 5.75 Å². The van der Waals surface area contributed by atoms with Crippen LogP contribution in [0.15, 0.2) is 53.0 Å². The number of nitrogens with one attached hydrogen (secondary N) is 1. The van der Waals surface area contributed by atoms with Crippen LogP contribution in [0, 0.1) is 5.92 Å². The molecule has 2 aromatic rings. The fourth-order valence-electron chi connectivity index (χ4n) is 2.58. The second kappa shape index (κ2) is 6.42. The maximum Gasteiger partial charge on any atom is 0.229 e. The molecule has 0 aromatic heterocycles. The van der Waals surface area contributed by atoms with Gasteiger partial charge in [0.25, 0.3) is 0 Å². The van der Waals surface area contributed by atoms with Crippen molar-refractivity contribution < 1.29 is 14.7 Å². The summed E-state index contributed by atoms with van der Waals surface area (Å²) < 4.78 is 0.936. The minimum absolute atomic E-state index is 0.0663. The van der Waals surface area contributed by atoms with Crippen LogP contribution in [-0.4, -0.2) is 23.5 Å². The topological polar surface area (TPSA) is 69.6 Å². The first-order valence-corrected chi connectivity index (χ1v) is 7.98. The molecule has 23 heavy (non-hydrogen) atoms. The number of carbonyl (C=O) groups excluding carboxylic acids is 2. The maximum atomic E-state index is 12.3. The maximum absolute atomic E-state index is 12.3. The van der Waals surface area contributed by atoms with Gasteiger partial charge in [0.05, 0.1) is 5.92 Å². The number of anilines is 2. The van der Waals surface area contributed by atoms with Crippen molar-refractivity contribution in [2.75, 3.05) is 16.8 Å². The summed E-state index contributed by atoms with van der Waals surface area (Å²) in [4.78, 5) is 26.1. The van der Waals surface area contributed by atoms with E-state index in [0.717, 1.165) is 10.2 Å². The summed E-state index contributed by atoms with van der Waals surface area (Å²) in [5, 5.41) is 12.2. The van der Waals surface area contributed by atoms with E-state index in [1.54, 1.807) is 17.0 Å². The molecular weight excluding hydrogens is 360 g/mol. The van der Waals surface area contributed by atoms with E-state index < -0.39 is 5.92 Å². The SMILES string of the molecule is O=C(Nc1cccc(O)c1)[C@@H]1CC(=O)N(c2ccc(Br)cc2)C1. The molecule has 0 radical (unpaired) electrons. The van der Waals surface area contributed by atoms with Gasteiger partial charge in [-0.1, -0.05) is 22.0 Å². The Morgan fingerprint density at radius 2 is 1.96 bits per heavy atom. The van der Waals surface area contributed by atoms with Crippen molar-refractivity contribution in [1.82, 2.24) is 0 Å². The molecule has 1 aliphatic rings. The van der Waals surface area contributed by atoms with E-state index in [2.05, 4.69) is 21.2 Å². The largest absolute Gasteiger partial charge is 0.508 e. The van der Waals surface area contributed by atoms with E-state index in [0.29, 0.717) is 12.2 Å². The average Bonchev–Trinajstić information content (AvgIpc) is 2.90. The number of aromatic hydroxyl groups is 1. The van der Waals surface area contributed by atoms with E-state index in [-0.39, 0.29) is 24.0 Å². The second-order valence-electron chi connectivity index (χ2n) is 5.42. The summed E-state index contributed by atoms with van der Waals surface area (Å²) in [5.41, 5.74) is 1.30. The lowest BCUT2D eigenvalue weighted by atomic mass is 10.1. The van der Waals surface area contributed by atoms with Gasteiger partial charge >= 0.3 is 0 Å². The Bertz CT molecular complexity index is 746. The van der Waals surface area contributed by atoms with Gasteiger partial charge in [-0.15, -0.1) is 0 Å². The summed E-state index contributed by atoms with van der Waals surface area (Å²) in [6.45, 7) is 0.352. The molecule has 0 spiro atoms. The lowest BCUT2D eigenvalue weighted by molar-refractivity contribution is -0.122. The molecule has 0 saturated carbocycles. The Labute approximate surface area is 142 Å². The molecule has 6 heteroatoms. The zero-order valence-electron chi connectivity index (χ0n) is 12.2. The molecule has 3 rings (SSSR count). The molecule has 0 bridgehead atoms. The molecule has 2 amide bonds. The highest BCUT2D eigenvalue weighted by atomic mass is 79.9. The molecule has 2 aromatic carbocycles. The summed E-state index contributed by atoms with van der Waals surface area (Å²) >= 11 is 3.36. The van der Waals surface area contributed by atoms with E-state index in [1.807, 2.05) is 24.3 Å². The van der Waals surface area contributed by atoms with Gasteiger partial charge in [0.2, 0.25) is 11.8 Å². The molecule has 1 atom stereocenters. The van der Waals surface area contributed by atoms with Gasteiger partial charge in [0, 0.05) is 34.9 Å². The Kier molecular flexibility index (Phi) is 4.34. The van der Waals surface area contributed by atoms with E-state index in [4.69, 9.17) is 0 Å². The Balaban J connectivity index is 1.69. The summed E-state index contributed by atoms with van der Waals surface area (Å²) in [7, 11) is 0. The normalized spacial score (nSPS) is 17.3. The van der Waals surface area contributed by atoms with Crippen molar-refractivity contribution in [2.24, 2.45) is 5.92 Å². The van der Waals surface area contributed by atoms with Gasteiger partial charge in [0.1, 0.15) is 5.75 Å². The van der Waals surface area contributed by atoms with Crippen molar-refractivity contribution in [2.45, 2.75) is 6.42 Å². The number of halogens is 1. The Morgan fingerprint density at radius 3 is 2.65 bits per heavy atom. The number of hydrogen-bond acceptors (Lipinski definition) is 3. The van der Waals surface area contributed by atoms with Crippen LogP contribution in [-0.2, 0) is 9.59 Å². The van der Waals surface area contributed by atoms with Crippen LogP contribution in [0.1, 0.15) is 6.42 Å². The number of amides is 2. The van der Waals surface area contributed by atoms with Crippen LogP contribution in [0.5, 0.6) is 5.75 Å². The zero-order valence-corrected chi connectivity index (χ0v) is 13.8. The third-order valence-electron chi connectivity index (χ3n) is 3.75. The molecular formula is C17H15BrN2O3. The molecule has 5 nitrogen and oxygen atoms in total. The minimum atomic E-state index is -0.409. The molecule has 0 aliphatic carbocycles. The predicted octanol–water partition coefficient (Wildman–Crippen LogP) is 3.15. The van der Waals surface area contributed by atoms with Gasteiger partial charge in [-0.3, -0.25) is 9.59 Å². The first-order valence-electron chi connectivity index (χ1n) is 7.19. The second-order valence-corrected chi connectivity index (χ2v) is 6.34. The monoisotopic (exact) mass is 374 g/mol. The fourth-order valence-corrected chi connectivity index (χ4v) is 2.85. The number of carbonyl (C=O) groups is 2. The Hall–Kier alpha value is -2.34. The number of phenols is 1. The molecule has 0 unspecified atom stereocenters. The summed E-state index contributed by atoms with van der Waals surface area (Å²) in [5.74, 6) is -0.609. The number of hydrogen-bond donors (Lipinski definition) is 2. The van der Waals surface area contributed by atoms with Crippen LogP contribution in [0.25, 0.3) is 0 Å². The predicted molar refractivity (Wildman–Crippen MR) is 91.3 cm³/mol. The average molecular weight is 375 g/mol. The standard InChI is InChI=1S/C17H15BrN2O3/c18-12-4-6-14(7-5-12)20-10-11(8-16(20)22)17(23)19-13-2-1-3-15(21)9-13/h1-7,9,11,21H,8,10H2,(H,19,23)/t11-/m1/s1. The molecule has 1 saturated heterocycles. The highest BCUT2D eigenvalue weighted by Crippen LogP contribution is 2.27. The van der Waals surface area contributed by atoms with Gasteiger partial charge in [0.15, 0.2) is 0 Å². The molecule has 1 heterocycles. The van der Waals surface area contributed by atoms with Gasteiger partial charge in [-0.2, -0.15) is 0 Å². The minimum Gasteiger partial charge on any atom is -0.508 e. The number of benzene rings is 2. The quantitative estimate of drug-likeness (QED) is 0.866. The van der Waals surface area contributed by atoms with Gasteiger partial charge < -0.3 is 15.3 Å². The van der Waals surface area contributed by atoms with Crippen molar-refractivity contribution >= 4 is 39.1 Å². The van der Waals surface area contributed by atoms with Crippen molar-refractivity contribution in [3.05, 3.63) is 53.0 Å². The third-order valence-corrected chi connectivity index (χ3v) is 4.28. The summed E-state index contributed by atoms with van der Waals surface area (Å²) in [6, 6.07) is 13.8. The van der Waals surface area contributed by atoms with Crippen molar-refractivity contribution in [3.63, 3.8) is 0 Å². The van der Waals surface area contributed by atoms with Gasteiger partial charge in [-0.05, 0) is 36.4 Å². The smallest absolute Gasteiger partial charge is 0.229 e. The van der Waals surface area contributed by atoms with Crippen LogP contribution in [0.4, 0.5) is 11.4 Å². The number of rotatable bonds is 3. The van der Waals surface area contributed by atoms with Crippen LogP contribution in [0.3, 0.4) is 0 Å². The summed E-state index contributed by atoms with van der Waals surface area (Å²) in [6.07, 6.45) is 0.181. The van der Waals surface area contributed by atoms with Crippen LogP contribution >= 0.6 is 15.9 Å². The highest BCUT2D eigenvalue weighted by molar-refractivity contribution is 9.10. The highest BCUT2D eigenvalue weighted by Gasteiger charge is 2.35. The van der Waals surface area contributed by atoms with Crippen LogP contribution in [0.2, 0.25) is 0 Å².